The predicted molar refractivity (Wildman–Crippen MR) is 176 cm³/mol. The molecule has 0 aliphatic heterocycles. The molecule has 0 saturated heterocycles. The van der Waals surface area contributed by atoms with E-state index < -0.39 is 11.9 Å². The van der Waals surface area contributed by atoms with Gasteiger partial charge in [0.05, 0.1) is 28.7 Å². The molecule has 0 amide bonds. The zero-order valence-corrected chi connectivity index (χ0v) is 25.7. The Morgan fingerprint density at radius 1 is 0.717 bits per heavy atom. The van der Waals surface area contributed by atoms with E-state index in [1.54, 1.807) is 48.5 Å². The molecule has 3 aromatic heterocycles. The average molecular weight is 621 g/mol. The summed E-state index contributed by atoms with van der Waals surface area (Å²) in [7, 11) is 0. The van der Waals surface area contributed by atoms with Crippen molar-refractivity contribution in [1.82, 2.24) is 9.97 Å². The number of benzene rings is 2. The van der Waals surface area contributed by atoms with E-state index in [2.05, 4.69) is 16.9 Å². The second kappa shape index (κ2) is 15.1. The number of pyridine rings is 2. The van der Waals surface area contributed by atoms with Gasteiger partial charge in [-0.2, -0.15) is 0 Å². The van der Waals surface area contributed by atoms with E-state index in [0.717, 1.165) is 19.3 Å². The molecule has 9 heteroatoms. The standard InChI is InChI=1S/C37H36N2O7/c1-2-3-4-5-6-7-8-9-18-45-26-19-29(28-15-17-39-22-31(28)37(43)44)34-33(20-26)46-23-32(35(34)40)25-12-10-24(11-13-25)27-14-16-38-21-30(27)36(41)42/h10-17,19-23H,2-9,18H2,1H3,(H,41,42)(H,43,44). The molecule has 236 valence electrons. The topological polar surface area (TPSA) is 140 Å². The minimum Gasteiger partial charge on any atom is -0.493 e. The summed E-state index contributed by atoms with van der Waals surface area (Å²) in [5, 5.41) is 19.7. The zero-order chi connectivity index (χ0) is 32.5. The van der Waals surface area contributed by atoms with Crippen LogP contribution in [0.15, 0.2) is 88.8 Å². The third-order valence-electron chi connectivity index (χ3n) is 8.02. The predicted octanol–water partition coefficient (Wildman–Crippen LogP) is 8.50. The molecule has 0 aliphatic carbocycles. The number of hydrogen-bond donors (Lipinski definition) is 2. The van der Waals surface area contributed by atoms with Crippen molar-refractivity contribution in [2.45, 2.75) is 58.3 Å². The molecule has 3 heterocycles. The molecule has 9 nitrogen and oxygen atoms in total. The van der Waals surface area contributed by atoms with Crippen LogP contribution in [-0.4, -0.2) is 38.7 Å². The normalized spacial score (nSPS) is 11.1. The van der Waals surface area contributed by atoms with Crippen molar-refractivity contribution in [2.75, 3.05) is 6.61 Å². The van der Waals surface area contributed by atoms with E-state index in [9.17, 15) is 24.6 Å². The summed E-state index contributed by atoms with van der Waals surface area (Å²) in [5.74, 6) is -1.78. The van der Waals surface area contributed by atoms with Crippen molar-refractivity contribution in [3.63, 3.8) is 0 Å². The molecule has 0 atom stereocenters. The Balaban J connectivity index is 1.48. The Morgan fingerprint density at radius 3 is 1.91 bits per heavy atom. The van der Waals surface area contributed by atoms with Crippen LogP contribution < -0.4 is 10.2 Å². The number of nitrogens with zero attached hydrogens (tertiary/aromatic N) is 2. The molecule has 5 rings (SSSR count). The summed E-state index contributed by atoms with van der Waals surface area (Å²) in [4.78, 5) is 45.8. The van der Waals surface area contributed by atoms with Crippen molar-refractivity contribution in [2.24, 2.45) is 0 Å². The Hall–Kier alpha value is -5.31. The maximum atomic E-state index is 14.1. The third-order valence-corrected chi connectivity index (χ3v) is 8.02. The van der Waals surface area contributed by atoms with Crippen LogP contribution in [0.4, 0.5) is 0 Å². The lowest BCUT2D eigenvalue weighted by Crippen LogP contribution is -2.09. The fraction of sp³-hybridized carbons (Fsp3) is 0.270. The Kier molecular flexibility index (Phi) is 10.5. The number of carboxylic acids is 2. The zero-order valence-electron chi connectivity index (χ0n) is 25.7. The molecule has 2 N–H and O–H groups in total. The molecular weight excluding hydrogens is 584 g/mol. The Bertz CT molecular complexity index is 1900. The van der Waals surface area contributed by atoms with Gasteiger partial charge in [-0.1, -0.05) is 76.1 Å². The highest BCUT2D eigenvalue weighted by atomic mass is 16.5. The number of fused-ring (bicyclic) bond motifs is 1. The van der Waals surface area contributed by atoms with E-state index in [-0.39, 0.29) is 33.1 Å². The fourth-order valence-electron chi connectivity index (χ4n) is 5.59. The maximum absolute atomic E-state index is 14.1. The van der Waals surface area contributed by atoms with E-state index in [1.807, 2.05) is 0 Å². The van der Waals surface area contributed by atoms with Crippen molar-refractivity contribution in [3.8, 4) is 39.1 Å². The minimum atomic E-state index is -1.17. The number of unbranched alkanes of at least 4 members (excludes halogenated alkanes) is 7. The molecule has 2 aromatic carbocycles. The summed E-state index contributed by atoms with van der Waals surface area (Å²) >= 11 is 0. The van der Waals surface area contributed by atoms with Crippen molar-refractivity contribution < 1.29 is 29.0 Å². The van der Waals surface area contributed by atoms with Crippen LogP contribution in [0.3, 0.4) is 0 Å². The van der Waals surface area contributed by atoms with Crippen LogP contribution in [0, 0.1) is 0 Å². The van der Waals surface area contributed by atoms with Gasteiger partial charge in [0.1, 0.15) is 17.6 Å². The molecule has 0 unspecified atom stereocenters. The van der Waals surface area contributed by atoms with Gasteiger partial charge < -0.3 is 19.4 Å². The van der Waals surface area contributed by atoms with Gasteiger partial charge in [-0.15, -0.1) is 0 Å². The lowest BCUT2D eigenvalue weighted by Gasteiger charge is -2.14. The summed E-state index contributed by atoms with van der Waals surface area (Å²) in [5.41, 5.74) is 2.61. The van der Waals surface area contributed by atoms with E-state index >= 15 is 0 Å². The maximum Gasteiger partial charge on any atom is 0.337 e. The van der Waals surface area contributed by atoms with Gasteiger partial charge in [-0.3, -0.25) is 14.8 Å². The van der Waals surface area contributed by atoms with Crippen LogP contribution in [-0.2, 0) is 0 Å². The quantitative estimate of drug-likeness (QED) is 0.110. The van der Waals surface area contributed by atoms with Crippen LogP contribution in [0.25, 0.3) is 44.3 Å². The molecule has 0 aliphatic rings. The molecule has 0 bridgehead atoms. The first-order valence-electron chi connectivity index (χ1n) is 15.6. The molecular formula is C37H36N2O7. The molecule has 0 fully saturated rings. The van der Waals surface area contributed by atoms with Gasteiger partial charge in [-0.25, -0.2) is 9.59 Å². The molecule has 0 spiro atoms. The van der Waals surface area contributed by atoms with Crippen LogP contribution >= 0.6 is 0 Å². The first-order chi connectivity index (χ1) is 22.4. The van der Waals surface area contributed by atoms with Crippen molar-refractivity contribution in [1.29, 1.82) is 0 Å². The molecule has 46 heavy (non-hydrogen) atoms. The van der Waals surface area contributed by atoms with Gasteiger partial charge >= 0.3 is 11.9 Å². The number of carbonyl (C=O) groups is 2. The highest BCUT2D eigenvalue weighted by Gasteiger charge is 2.20. The third kappa shape index (κ3) is 7.31. The number of ether oxygens (including phenoxy) is 1. The molecule has 5 aromatic rings. The summed E-state index contributed by atoms with van der Waals surface area (Å²) < 4.78 is 12.1. The lowest BCUT2D eigenvalue weighted by atomic mass is 9.94. The van der Waals surface area contributed by atoms with Gasteiger partial charge in [0.25, 0.3) is 0 Å². The SMILES string of the molecule is CCCCCCCCCCOc1cc(-c2ccncc2C(=O)O)c2c(=O)c(-c3ccc(-c4ccncc4C(=O)O)cc3)coc2c1. The number of carboxylic acid groups (broad SMARTS) is 2. The Labute approximate surface area is 266 Å². The number of aromatic nitrogens is 2. The first kappa shape index (κ1) is 32.1. The van der Waals surface area contributed by atoms with Gasteiger partial charge in [0.2, 0.25) is 5.43 Å². The summed E-state index contributed by atoms with van der Waals surface area (Å²) in [6.45, 7) is 2.69. The van der Waals surface area contributed by atoms with Crippen molar-refractivity contribution >= 4 is 22.9 Å². The van der Waals surface area contributed by atoms with E-state index in [1.165, 1.54) is 63.2 Å². The van der Waals surface area contributed by atoms with Crippen LogP contribution in [0.2, 0.25) is 0 Å². The second-order valence-electron chi connectivity index (χ2n) is 11.2. The van der Waals surface area contributed by atoms with Crippen molar-refractivity contribution in [3.05, 3.63) is 101 Å². The summed E-state index contributed by atoms with van der Waals surface area (Å²) in [6.07, 6.45) is 16.3. The average Bonchev–Trinajstić information content (AvgIpc) is 3.07. The highest BCUT2D eigenvalue weighted by Crippen LogP contribution is 2.35. The van der Waals surface area contributed by atoms with Gasteiger partial charge in [0, 0.05) is 42.0 Å². The highest BCUT2D eigenvalue weighted by molar-refractivity contribution is 6.03. The smallest absolute Gasteiger partial charge is 0.337 e. The monoisotopic (exact) mass is 620 g/mol. The molecule has 0 saturated carbocycles. The summed E-state index contributed by atoms with van der Waals surface area (Å²) in [6, 6.07) is 13.4. The lowest BCUT2D eigenvalue weighted by molar-refractivity contribution is 0.0686. The minimum absolute atomic E-state index is 0.0511. The van der Waals surface area contributed by atoms with Gasteiger partial charge in [-0.05, 0) is 41.3 Å². The van der Waals surface area contributed by atoms with Gasteiger partial charge in [0.15, 0.2) is 0 Å². The fourth-order valence-corrected chi connectivity index (χ4v) is 5.59. The van der Waals surface area contributed by atoms with Crippen LogP contribution in [0.1, 0.15) is 79.0 Å². The van der Waals surface area contributed by atoms with E-state index in [4.69, 9.17) is 9.15 Å². The van der Waals surface area contributed by atoms with E-state index in [0.29, 0.717) is 40.2 Å². The Morgan fingerprint density at radius 2 is 1.28 bits per heavy atom. The second-order valence-corrected chi connectivity index (χ2v) is 11.2. The molecule has 0 radical (unpaired) electrons. The number of aromatic carboxylic acids is 2. The van der Waals surface area contributed by atoms with Crippen LogP contribution in [0.5, 0.6) is 5.75 Å². The first-order valence-corrected chi connectivity index (χ1v) is 15.6. The largest absolute Gasteiger partial charge is 0.493 e. The number of rotatable bonds is 15. The number of hydrogen-bond acceptors (Lipinski definition) is 7.